The Labute approximate surface area is 100 Å². The predicted octanol–water partition coefficient (Wildman–Crippen LogP) is 3.76. The van der Waals surface area contributed by atoms with E-state index in [2.05, 4.69) is 26.0 Å². The SMILES string of the molecule is CC(C)C1=CC2CC1c1cccc([N+](=O)[O-])c12. The molecule has 2 aliphatic rings. The monoisotopic (exact) mass is 229 g/mol. The summed E-state index contributed by atoms with van der Waals surface area (Å²) in [6.45, 7) is 4.40. The van der Waals surface area contributed by atoms with Crippen molar-refractivity contribution in [2.75, 3.05) is 0 Å². The van der Waals surface area contributed by atoms with Crippen LogP contribution in [0.2, 0.25) is 0 Å². The highest BCUT2D eigenvalue weighted by Crippen LogP contribution is 2.56. The summed E-state index contributed by atoms with van der Waals surface area (Å²) >= 11 is 0. The van der Waals surface area contributed by atoms with Crippen molar-refractivity contribution in [2.45, 2.75) is 32.1 Å². The fourth-order valence-electron chi connectivity index (χ4n) is 3.35. The third-order valence-electron chi connectivity index (χ3n) is 4.01. The van der Waals surface area contributed by atoms with E-state index in [1.165, 1.54) is 11.1 Å². The van der Waals surface area contributed by atoms with Gasteiger partial charge in [0.25, 0.3) is 5.69 Å². The molecular weight excluding hydrogens is 214 g/mol. The summed E-state index contributed by atoms with van der Waals surface area (Å²) in [4.78, 5) is 10.8. The molecule has 3 rings (SSSR count). The van der Waals surface area contributed by atoms with E-state index in [1.54, 1.807) is 6.07 Å². The molecule has 0 saturated carbocycles. The quantitative estimate of drug-likeness (QED) is 0.440. The van der Waals surface area contributed by atoms with Crippen molar-refractivity contribution in [3.05, 3.63) is 51.1 Å². The molecule has 17 heavy (non-hydrogen) atoms. The molecule has 0 aromatic heterocycles. The van der Waals surface area contributed by atoms with E-state index in [9.17, 15) is 10.1 Å². The Morgan fingerprint density at radius 1 is 1.41 bits per heavy atom. The third kappa shape index (κ3) is 1.35. The molecular formula is C14H15NO2. The Hall–Kier alpha value is -1.64. The van der Waals surface area contributed by atoms with Crippen LogP contribution in [0.3, 0.4) is 0 Å². The standard InChI is InChI=1S/C14H15NO2/c1-8(2)11-6-9-7-12(11)10-4-3-5-13(14(9)10)15(16)17/h3-6,8-9,12H,7H2,1-2H3. The topological polar surface area (TPSA) is 43.1 Å². The number of fused-ring (bicyclic) bond motifs is 5. The van der Waals surface area contributed by atoms with Crippen molar-refractivity contribution >= 4 is 5.69 Å². The van der Waals surface area contributed by atoms with Gasteiger partial charge in [0.05, 0.1) is 4.92 Å². The summed E-state index contributed by atoms with van der Waals surface area (Å²) in [5.41, 5.74) is 3.92. The summed E-state index contributed by atoms with van der Waals surface area (Å²) in [7, 11) is 0. The van der Waals surface area contributed by atoms with Crippen molar-refractivity contribution in [1.82, 2.24) is 0 Å². The lowest BCUT2D eigenvalue weighted by molar-refractivity contribution is -0.385. The van der Waals surface area contributed by atoms with Gasteiger partial charge in [-0.3, -0.25) is 10.1 Å². The van der Waals surface area contributed by atoms with E-state index in [0.29, 0.717) is 17.5 Å². The second-order valence-corrected chi connectivity index (χ2v) is 5.25. The highest BCUT2D eigenvalue weighted by Gasteiger charge is 2.42. The zero-order valence-electron chi connectivity index (χ0n) is 10.0. The van der Waals surface area contributed by atoms with Crippen LogP contribution >= 0.6 is 0 Å². The Morgan fingerprint density at radius 2 is 2.18 bits per heavy atom. The molecule has 0 amide bonds. The maximum atomic E-state index is 11.0. The third-order valence-corrected chi connectivity index (χ3v) is 4.01. The summed E-state index contributed by atoms with van der Waals surface area (Å²) < 4.78 is 0. The highest BCUT2D eigenvalue weighted by molar-refractivity contribution is 5.59. The van der Waals surface area contributed by atoms with Crippen LogP contribution in [0.15, 0.2) is 29.8 Å². The number of hydrogen-bond donors (Lipinski definition) is 0. The van der Waals surface area contributed by atoms with Crippen LogP contribution in [0.5, 0.6) is 0 Å². The maximum Gasteiger partial charge on any atom is 0.273 e. The number of rotatable bonds is 2. The van der Waals surface area contributed by atoms with E-state index >= 15 is 0 Å². The molecule has 3 nitrogen and oxygen atoms in total. The molecule has 0 aliphatic heterocycles. The van der Waals surface area contributed by atoms with Gasteiger partial charge in [0.2, 0.25) is 0 Å². The molecule has 0 saturated heterocycles. The summed E-state index contributed by atoms with van der Waals surface area (Å²) in [5, 5.41) is 11.0. The molecule has 2 unspecified atom stereocenters. The molecule has 0 heterocycles. The van der Waals surface area contributed by atoms with Crippen LogP contribution in [-0.4, -0.2) is 4.92 Å². The van der Waals surface area contributed by atoms with Crippen molar-refractivity contribution in [3.8, 4) is 0 Å². The molecule has 1 aromatic rings. The molecule has 0 N–H and O–H groups in total. The zero-order chi connectivity index (χ0) is 12.2. The van der Waals surface area contributed by atoms with Gasteiger partial charge in [-0.15, -0.1) is 0 Å². The second-order valence-electron chi connectivity index (χ2n) is 5.25. The van der Waals surface area contributed by atoms with Gasteiger partial charge < -0.3 is 0 Å². The van der Waals surface area contributed by atoms with E-state index in [1.807, 2.05) is 6.07 Å². The van der Waals surface area contributed by atoms with Crippen LogP contribution in [0.4, 0.5) is 5.69 Å². The molecule has 1 aromatic carbocycles. The summed E-state index contributed by atoms with van der Waals surface area (Å²) in [6.07, 6.45) is 3.29. The van der Waals surface area contributed by atoms with Gasteiger partial charge in [0, 0.05) is 23.5 Å². The second kappa shape index (κ2) is 3.42. The Balaban J connectivity index is 2.13. The van der Waals surface area contributed by atoms with E-state index < -0.39 is 0 Å². The number of allylic oxidation sites excluding steroid dienone is 2. The van der Waals surface area contributed by atoms with E-state index in [-0.39, 0.29) is 10.8 Å². The number of benzene rings is 1. The summed E-state index contributed by atoms with van der Waals surface area (Å²) in [5.74, 6) is 1.24. The minimum absolute atomic E-state index is 0.248. The number of nitro benzene ring substituents is 1. The molecule has 0 fully saturated rings. The van der Waals surface area contributed by atoms with Gasteiger partial charge in [-0.05, 0) is 17.9 Å². The van der Waals surface area contributed by atoms with Gasteiger partial charge in [-0.1, -0.05) is 37.6 Å². The molecule has 88 valence electrons. The first-order chi connectivity index (χ1) is 8.09. The number of nitro groups is 1. The minimum Gasteiger partial charge on any atom is -0.258 e. The molecule has 0 spiro atoms. The van der Waals surface area contributed by atoms with Crippen LogP contribution in [-0.2, 0) is 0 Å². The van der Waals surface area contributed by atoms with Crippen LogP contribution in [0, 0.1) is 16.0 Å². The highest BCUT2D eigenvalue weighted by atomic mass is 16.6. The predicted molar refractivity (Wildman–Crippen MR) is 66.1 cm³/mol. The van der Waals surface area contributed by atoms with Crippen LogP contribution in [0.25, 0.3) is 0 Å². The van der Waals surface area contributed by atoms with Gasteiger partial charge in [-0.25, -0.2) is 0 Å². The summed E-state index contributed by atoms with van der Waals surface area (Å²) in [6, 6.07) is 5.50. The van der Waals surface area contributed by atoms with E-state index in [4.69, 9.17) is 0 Å². The average Bonchev–Trinajstić information content (AvgIpc) is 2.86. The van der Waals surface area contributed by atoms with Crippen LogP contribution < -0.4 is 0 Å². The Bertz CT molecular complexity index is 531. The van der Waals surface area contributed by atoms with Crippen molar-refractivity contribution in [2.24, 2.45) is 5.92 Å². The first-order valence-corrected chi connectivity index (χ1v) is 6.08. The van der Waals surface area contributed by atoms with Gasteiger partial charge in [0.1, 0.15) is 0 Å². The minimum atomic E-state index is -0.248. The van der Waals surface area contributed by atoms with Gasteiger partial charge in [-0.2, -0.15) is 0 Å². The molecule has 0 radical (unpaired) electrons. The van der Waals surface area contributed by atoms with Crippen molar-refractivity contribution in [1.29, 1.82) is 0 Å². The fourth-order valence-corrected chi connectivity index (χ4v) is 3.35. The lowest BCUT2D eigenvalue weighted by Gasteiger charge is -2.19. The first kappa shape index (κ1) is 10.5. The normalized spacial score (nSPS) is 25.0. The Kier molecular flexibility index (Phi) is 2.12. The maximum absolute atomic E-state index is 11.0. The van der Waals surface area contributed by atoms with E-state index in [0.717, 1.165) is 12.0 Å². The smallest absolute Gasteiger partial charge is 0.258 e. The molecule has 2 bridgehead atoms. The zero-order valence-corrected chi connectivity index (χ0v) is 10.0. The fraction of sp³-hybridized carbons (Fsp3) is 0.429. The average molecular weight is 229 g/mol. The molecule has 2 aliphatic carbocycles. The van der Waals surface area contributed by atoms with Gasteiger partial charge >= 0.3 is 0 Å². The molecule has 3 heteroatoms. The van der Waals surface area contributed by atoms with Crippen molar-refractivity contribution < 1.29 is 4.92 Å². The largest absolute Gasteiger partial charge is 0.273 e. The van der Waals surface area contributed by atoms with Gasteiger partial charge in [0.15, 0.2) is 0 Å². The molecule has 2 atom stereocenters. The Morgan fingerprint density at radius 3 is 2.82 bits per heavy atom. The lowest BCUT2D eigenvalue weighted by atomic mass is 9.85. The lowest BCUT2D eigenvalue weighted by Crippen LogP contribution is -2.06. The van der Waals surface area contributed by atoms with Crippen molar-refractivity contribution in [3.63, 3.8) is 0 Å². The number of nitrogens with zero attached hydrogens (tertiary/aromatic N) is 1. The number of hydrogen-bond acceptors (Lipinski definition) is 2. The van der Waals surface area contributed by atoms with Crippen LogP contribution in [0.1, 0.15) is 43.2 Å². The first-order valence-electron chi connectivity index (χ1n) is 6.08.